The number of hydrogen-bond donors (Lipinski definition) is 2. The first-order valence-electron chi connectivity index (χ1n) is 1.85. The average molecular weight is 103 g/mol. The lowest BCUT2D eigenvalue weighted by Crippen LogP contribution is -1.90. The third-order valence-corrected chi connectivity index (χ3v) is 0.601. The van der Waals surface area contributed by atoms with Gasteiger partial charge in [-0.15, -0.1) is 0 Å². The molecule has 36 valence electrons. The Morgan fingerprint density at radius 1 is 1.83 bits per heavy atom. The minimum absolute atomic E-state index is 0.806. The van der Waals surface area contributed by atoms with Crippen molar-refractivity contribution in [3.05, 3.63) is 12.3 Å². The lowest BCUT2D eigenvalue weighted by Gasteiger charge is -1.78. The molecular formula is C4H9NS. The highest BCUT2D eigenvalue weighted by Gasteiger charge is 1.57. The third kappa shape index (κ3) is 3.89. The van der Waals surface area contributed by atoms with Crippen LogP contribution in [0.1, 0.15) is 0 Å². The Labute approximate surface area is 43.8 Å². The molecule has 0 heterocycles. The van der Waals surface area contributed by atoms with Crippen LogP contribution in [0, 0.1) is 0 Å². The zero-order chi connectivity index (χ0) is 4.83. The van der Waals surface area contributed by atoms with Crippen LogP contribution in [0.2, 0.25) is 0 Å². The first kappa shape index (κ1) is 5.89. The van der Waals surface area contributed by atoms with Gasteiger partial charge in [-0.3, -0.25) is 0 Å². The quantitative estimate of drug-likeness (QED) is 0.489. The van der Waals surface area contributed by atoms with E-state index in [1.54, 1.807) is 0 Å². The Hall–Kier alpha value is -0.110. The lowest BCUT2D eigenvalue weighted by molar-refractivity contribution is 1.10. The van der Waals surface area contributed by atoms with Crippen LogP contribution in [0.3, 0.4) is 0 Å². The largest absolute Gasteiger partial charge is 0.394 e. The summed E-state index contributed by atoms with van der Waals surface area (Å²) >= 11 is 3.93. The number of thiol groups is 1. The van der Waals surface area contributed by atoms with E-state index in [4.69, 9.17) is 0 Å². The summed E-state index contributed by atoms with van der Waals surface area (Å²) in [6.45, 7) is 0. The van der Waals surface area contributed by atoms with Crippen molar-refractivity contribution in [1.82, 2.24) is 5.32 Å². The first-order valence-corrected chi connectivity index (χ1v) is 2.48. The molecule has 1 nitrogen and oxygen atoms in total. The second-order valence-electron chi connectivity index (χ2n) is 0.874. The van der Waals surface area contributed by atoms with E-state index in [2.05, 4.69) is 17.9 Å². The van der Waals surface area contributed by atoms with E-state index in [0.29, 0.717) is 0 Å². The normalized spacial score (nSPS) is 9.67. The highest BCUT2D eigenvalue weighted by atomic mass is 32.1. The van der Waals surface area contributed by atoms with Crippen molar-refractivity contribution in [2.75, 3.05) is 12.8 Å². The number of rotatable bonds is 2. The van der Waals surface area contributed by atoms with Gasteiger partial charge in [-0.05, 0) is 6.20 Å². The highest BCUT2D eigenvalue weighted by molar-refractivity contribution is 7.80. The van der Waals surface area contributed by atoms with Gasteiger partial charge in [-0.2, -0.15) is 12.6 Å². The number of hydrogen-bond acceptors (Lipinski definition) is 2. The molecule has 0 unspecified atom stereocenters. The smallest absolute Gasteiger partial charge is 0.00997 e. The van der Waals surface area contributed by atoms with Gasteiger partial charge in [-0.1, -0.05) is 6.08 Å². The molecule has 0 radical (unpaired) electrons. The van der Waals surface area contributed by atoms with Crippen LogP contribution in [0.4, 0.5) is 0 Å². The van der Waals surface area contributed by atoms with Crippen LogP contribution in [-0.4, -0.2) is 12.8 Å². The number of nitrogens with one attached hydrogen (secondary N) is 1. The van der Waals surface area contributed by atoms with Crippen molar-refractivity contribution in [2.45, 2.75) is 0 Å². The van der Waals surface area contributed by atoms with Crippen LogP contribution >= 0.6 is 12.6 Å². The van der Waals surface area contributed by atoms with Crippen molar-refractivity contribution in [3.8, 4) is 0 Å². The van der Waals surface area contributed by atoms with Gasteiger partial charge in [0.05, 0.1) is 0 Å². The van der Waals surface area contributed by atoms with Crippen molar-refractivity contribution in [2.24, 2.45) is 0 Å². The molecule has 2 heteroatoms. The summed E-state index contributed by atoms with van der Waals surface area (Å²) in [5, 5.41) is 2.84. The maximum absolute atomic E-state index is 3.93. The van der Waals surface area contributed by atoms with Crippen LogP contribution in [-0.2, 0) is 0 Å². The molecule has 0 aromatic carbocycles. The third-order valence-electron chi connectivity index (χ3n) is 0.390. The predicted octanol–water partition coefficient (Wildman–Crippen LogP) is 0.649. The molecule has 0 spiro atoms. The van der Waals surface area contributed by atoms with Crippen molar-refractivity contribution < 1.29 is 0 Å². The minimum Gasteiger partial charge on any atom is -0.394 e. The topological polar surface area (TPSA) is 12.0 Å². The van der Waals surface area contributed by atoms with Gasteiger partial charge in [0.1, 0.15) is 0 Å². The van der Waals surface area contributed by atoms with Crippen LogP contribution in [0.5, 0.6) is 0 Å². The minimum atomic E-state index is 0.806. The second-order valence-corrected chi connectivity index (χ2v) is 1.24. The van der Waals surface area contributed by atoms with Gasteiger partial charge in [0.25, 0.3) is 0 Å². The first-order chi connectivity index (χ1) is 2.91. The van der Waals surface area contributed by atoms with Gasteiger partial charge in [0.2, 0.25) is 0 Å². The molecule has 0 fully saturated rings. The Kier molecular flexibility index (Phi) is 4.80. The van der Waals surface area contributed by atoms with Crippen LogP contribution in [0.25, 0.3) is 0 Å². The molecule has 0 aromatic rings. The zero-order valence-corrected chi connectivity index (χ0v) is 4.70. The maximum Gasteiger partial charge on any atom is 0.00997 e. The fourth-order valence-corrected chi connectivity index (χ4v) is 0.276. The fraction of sp³-hybridized carbons (Fsp3) is 0.500. The highest BCUT2D eigenvalue weighted by Crippen LogP contribution is 1.70. The van der Waals surface area contributed by atoms with Crippen molar-refractivity contribution in [3.63, 3.8) is 0 Å². The maximum atomic E-state index is 3.93. The van der Waals surface area contributed by atoms with Crippen LogP contribution < -0.4 is 5.32 Å². The van der Waals surface area contributed by atoms with E-state index < -0.39 is 0 Å². The van der Waals surface area contributed by atoms with Gasteiger partial charge in [-0.25, -0.2) is 0 Å². The SMILES string of the molecule is CNC=CCS. The van der Waals surface area contributed by atoms with E-state index in [1.165, 1.54) is 0 Å². The molecule has 6 heavy (non-hydrogen) atoms. The van der Waals surface area contributed by atoms with E-state index in [0.717, 1.165) is 5.75 Å². The van der Waals surface area contributed by atoms with Gasteiger partial charge < -0.3 is 5.32 Å². The van der Waals surface area contributed by atoms with E-state index in [-0.39, 0.29) is 0 Å². The molecule has 0 aliphatic carbocycles. The van der Waals surface area contributed by atoms with E-state index >= 15 is 0 Å². The van der Waals surface area contributed by atoms with Gasteiger partial charge in [0, 0.05) is 12.8 Å². The Balaban J connectivity index is 2.73. The van der Waals surface area contributed by atoms with Crippen molar-refractivity contribution in [1.29, 1.82) is 0 Å². The summed E-state index contributed by atoms with van der Waals surface area (Å²) < 4.78 is 0. The summed E-state index contributed by atoms with van der Waals surface area (Å²) in [6.07, 6.45) is 3.79. The molecule has 0 aromatic heterocycles. The molecule has 0 rings (SSSR count). The summed E-state index contributed by atoms with van der Waals surface area (Å²) in [4.78, 5) is 0. The Bertz CT molecular complexity index is 36.8. The Morgan fingerprint density at radius 2 is 2.50 bits per heavy atom. The summed E-state index contributed by atoms with van der Waals surface area (Å²) in [7, 11) is 1.86. The molecule has 1 N–H and O–H groups in total. The second kappa shape index (κ2) is 4.89. The predicted molar refractivity (Wildman–Crippen MR) is 32.1 cm³/mol. The standard InChI is InChI=1S/C4H9NS/c1-5-3-2-4-6/h2-3,5-6H,4H2,1H3. The molecular weight excluding hydrogens is 94.1 g/mol. The molecule has 0 saturated carbocycles. The van der Waals surface area contributed by atoms with Crippen LogP contribution in [0.15, 0.2) is 12.3 Å². The molecule has 0 bridgehead atoms. The van der Waals surface area contributed by atoms with Crippen molar-refractivity contribution >= 4 is 12.6 Å². The average Bonchev–Trinajstić information content (AvgIpc) is 1.61. The summed E-state index contributed by atoms with van der Waals surface area (Å²) in [5.41, 5.74) is 0. The van der Waals surface area contributed by atoms with E-state index in [1.807, 2.05) is 19.3 Å². The molecule has 0 aliphatic heterocycles. The fourth-order valence-electron chi connectivity index (χ4n) is 0.171. The monoisotopic (exact) mass is 103 g/mol. The lowest BCUT2D eigenvalue weighted by atomic mass is 10.7. The molecule has 0 aliphatic rings. The Morgan fingerprint density at radius 3 is 2.67 bits per heavy atom. The molecule has 0 atom stereocenters. The van der Waals surface area contributed by atoms with Gasteiger partial charge in [0.15, 0.2) is 0 Å². The summed E-state index contributed by atoms with van der Waals surface area (Å²) in [6, 6.07) is 0. The van der Waals surface area contributed by atoms with E-state index in [9.17, 15) is 0 Å². The van der Waals surface area contributed by atoms with Gasteiger partial charge >= 0.3 is 0 Å². The zero-order valence-electron chi connectivity index (χ0n) is 3.81. The summed E-state index contributed by atoms with van der Waals surface area (Å²) in [5.74, 6) is 0.806. The molecule has 0 saturated heterocycles. The molecule has 0 amide bonds.